The largest absolute Gasteiger partial charge is 0.452 e. The van der Waals surface area contributed by atoms with Crippen LogP contribution in [0.15, 0.2) is 29.2 Å². The molecule has 1 aromatic rings. The smallest absolute Gasteiger partial charge is 0.338 e. The molecule has 4 aliphatic carbocycles. The molecular formula is C26H36N2O5S. The highest BCUT2D eigenvalue weighted by Crippen LogP contribution is 2.55. The third-order valence-electron chi connectivity index (χ3n) is 8.34. The van der Waals surface area contributed by atoms with E-state index in [1.54, 1.807) is 0 Å². The summed E-state index contributed by atoms with van der Waals surface area (Å²) >= 11 is 0. The van der Waals surface area contributed by atoms with E-state index in [2.05, 4.69) is 19.2 Å². The van der Waals surface area contributed by atoms with Gasteiger partial charge in [0.05, 0.1) is 10.5 Å². The van der Waals surface area contributed by atoms with Gasteiger partial charge in [-0.1, -0.05) is 13.8 Å². The molecule has 34 heavy (non-hydrogen) atoms. The zero-order valence-corrected chi connectivity index (χ0v) is 21.0. The zero-order valence-electron chi connectivity index (χ0n) is 20.2. The number of benzene rings is 1. The topological polar surface area (TPSA) is 92.8 Å². The minimum Gasteiger partial charge on any atom is -0.452 e. The molecule has 1 heterocycles. The third-order valence-corrected chi connectivity index (χ3v) is 10.2. The van der Waals surface area contributed by atoms with Crippen molar-refractivity contribution in [2.24, 2.45) is 29.6 Å². The lowest BCUT2D eigenvalue weighted by atomic mass is 9.53. The number of hydrogen-bond acceptors (Lipinski definition) is 5. The summed E-state index contributed by atoms with van der Waals surface area (Å²) in [6, 6.07) is 5.82. The Bertz CT molecular complexity index is 1010. The van der Waals surface area contributed by atoms with Gasteiger partial charge in [-0.25, -0.2) is 13.2 Å². The first-order chi connectivity index (χ1) is 16.1. The molecule has 2 atom stereocenters. The molecule has 4 saturated carbocycles. The van der Waals surface area contributed by atoms with Crippen molar-refractivity contribution >= 4 is 21.9 Å². The number of esters is 1. The molecule has 0 aromatic heterocycles. The van der Waals surface area contributed by atoms with Crippen LogP contribution in [0.3, 0.4) is 0 Å². The summed E-state index contributed by atoms with van der Waals surface area (Å²) in [6.07, 6.45) is 8.05. The van der Waals surface area contributed by atoms with Crippen LogP contribution in [0, 0.1) is 29.6 Å². The number of sulfonamides is 1. The normalized spacial score (nSPS) is 35.2. The first-order valence-electron chi connectivity index (χ1n) is 12.7. The number of ether oxygens (including phenoxy) is 1. The molecule has 1 saturated heterocycles. The molecule has 1 amide bonds. The van der Waals surface area contributed by atoms with E-state index in [1.165, 1.54) is 47.8 Å². The summed E-state index contributed by atoms with van der Waals surface area (Å²) in [5.41, 5.74) is 0.125. The van der Waals surface area contributed by atoms with E-state index in [9.17, 15) is 18.0 Å². The van der Waals surface area contributed by atoms with Crippen molar-refractivity contribution in [3.8, 4) is 0 Å². The van der Waals surface area contributed by atoms with Crippen LogP contribution >= 0.6 is 0 Å². The molecule has 4 bridgehead atoms. The number of carbonyl (C=O) groups excluding carboxylic acids is 2. The van der Waals surface area contributed by atoms with E-state index in [0.717, 1.165) is 43.4 Å². The van der Waals surface area contributed by atoms with Gasteiger partial charge >= 0.3 is 5.97 Å². The Hall–Kier alpha value is -1.93. The van der Waals surface area contributed by atoms with Crippen molar-refractivity contribution in [2.45, 2.75) is 69.2 Å². The molecule has 7 nitrogen and oxygen atoms in total. The Balaban J connectivity index is 1.16. The highest BCUT2D eigenvalue weighted by molar-refractivity contribution is 7.89. The number of nitrogens with zero attached hydrogens (tertiary/aromatic N) is 1. The standard InChI is InChI=1S/C26H36N2O5S/c1-17-7-18(2)15-28(14-17)34(31,32)23-5-3-22(4-6-23)25(30)33-16-24(29)27-26-11-19-8-20(12-26)10-21(9-19)13-26/h3-6,17-21H,7-16H2,1-2H3,(H,27,29). The fourth-order valence-electron chi connectivity index (χ4n) is 7.52. The minimum absolute atomic E-state index is 0.113. The van der Waals surface area contributed by atoms with E-state index in [1.807, 2.05) is 0 Å². The van der Waals surface area contributed by atoms with Crippen LogP contribution in [0.1, 0.15) is 69.2 Å². The predicted molar refractivity (Wildman–Crippen MR) is 127 cm³/mol. The molecule has 1 aliphatic heterocycles. The van der Waals surface area contributed by atoms with E-state index < -0.39 is 16.0 Å². The lowest BCUT2D eigenvalue weighted by molar-refractivity contribution is -0.130. The predicted octanol–water partition coefficient (Wildman–Crippen LogP) is 3.60. The van der Waals surface area contributed by atoms with E-state index in [0.29, 0.717) is 24.9 Å². The quantitative estimate of drug-likeness (QED) is 0.618. The fraction of sp³-hybridized carbons (Fsp3) is 0.692. The molecule has 186 valence electrons. The van der Waals surface area contributed by atoms with Crippen molar-refractivity contribution in [1.82, 2.24) is 9.62 Å². The zero-order chi connectivity index (χ0) is 24.1. The Morgan fingerprint density at radius 3 is 2.00 bits per heavy atom. The van der Waals surface area contributed by atoms with Gasteiger partial charge in [0.2, 0.25) is 10.0 Å². The highest BCUT2D eigenvalue weighted by Gasteiger charge is 2.51. The molecule has 5 aliphatic rings. The monoisotopic (exact) mass is 488 g/mol. The van der Waals surface area contributed by atoms with Crippen LogP contribution in [0.5, 0.6) is 0 Å². The highest BCUT2D eigenvalue weighted by atomic mass is 32.2. The molecule has 0 radical (unpaired) electrons. The summed E-state index contributed by atoms with van der Waals surface area (Å²) in [4.78, 5) is 25.3. The van der Waals surface area contributed by atoms with Crippen LogP contribution in [-0.4, -0.2) is 49.8 Å². The van der Waals surface area contributed by atoms with E-state index >= 15 is 0 Å². The Morgan fingerprint density at radius 2 is 1.47 bits per heavy atom. The maximum atomic E-state index is 13.0. The molecule has 8 heteroatoms. The number of hydrogen-bond donors (Lipinski definition) is 1. The van der Waals surface area contributed by atoms with Gasteiger partial charge in [0.15, 0.2) is 6.61 Å². The molecule has 6 rings (SSSR count). The average Bonchev–Trinajstić information content (AvgIpc) is 2.75. The number of nitrogens with one attached hydrogen (secondary N) is 1. The molecular weight excluding hydrogens is 452 g/mol. The minimum atomic E-state index is -3.61. The second kappa shape index (κ2) is 8.94. The summed E-state index contributed by atoms with van der Waals surface area (Å²) < 4.78 is 32.9. The second-order valence-electron chi connectivity index (χ2n) is 11.6. The van der Waals surface area contributed by atoms with E-state index in [4.69, 9.17) is 4.74 Å². The summed E-state index contributed by atoms with van der Waals surface area (Å²) in [7, 11) is -3.61. The van der Waals surface area contributed by atoms with E-state index in [-0.39, 0.29) is 28.5 Å². The SMILES string of the molecule is CC1CC(C)CN(S(=O)(=O)c2ccc(C(=O)OCC(=O)NC34CC5CC(CC(C5)C3)C4)cc2)C1. The van der Waals surface area contributed by atoms with Crippen LogP contribution in [-0.2, 0) is 19.6 Å². The fourth-order valence-corrected chi connectivity index (χ4v) is 9.20. The van der Waals surface area contributed by atoms with Crippen molar-refractivity contribution in [3.63, 3.8) is 0 Å². The molecule has 1 N–H and O–H groups in total. The maximum absolute atomic E-state index is 13.0. The van der Waals surface area contributed by atoms with Gasteiger partial charge in [-0.3, -0.25) is 4.79 Å². The van der Waals surface area contributed by atoms with Crippen molar-refractivity contribution < 1.29 is 22.7 Å². The lowest BCUT2D eigenvalue weighted by Gasteiger charge is -2.56. The average molecular weight is 489 g/mol. The van der Waals surface area contributed by atoms with Crippen molar-refractivity contribution in [1.29, 1.82) is 0 Å². The van der Waals surface area contributed by atoms with Gasteiger partial charge in [0.25, 0.3) is 5.91 Å². The lowest BCUT2D eigenvalue weighted by Crippen LogP contribution is -2.60. The molecule has 0 spiro atoms. The molecule has 1 aromatic carbocycles. The number of carbonyl (C=O) groups is 2. The first-order valence-corrected chi connectivity index (χ1v) is 14.1. The van der Waals surface area contributed by atoms with Gasteiger partial charge in [-0.05, 0) is 98.8 Å². The van der Waals surface area contributed by atoms with Gasteiger partial charge in [-0.15, -0.1) is 0 Å². The Kier molecular flexibility index (Phi) is 6.25. The van der Waals surface area contributed by atoms with Crippen molar-refractivity contribution in [2.75, 3.05) is 19.7 Å². The first kappa shape index (κ1) is 23.8. The van der Waals surface area contributed by atoms with Crippen LogP contribution in [0.25, 0.3) is 0 Å². The summed E-state index contributed by atoms with van der Waals surface area (Å²) in [5.74, 6) is 1.93. The van der Waals surface area contributed by atoms with Gasteiger partial charge in [-0.2, -0.15) is 4.31 Å². The maximum Gasteiger partial charge on any atom is 0.338 e. The molecule has 5 fully saturated rings. The van der Waals surface area contributed by atoms with Gasteiger partial charge in [0, 0.05) is 18.6 Å². The van der Waals surface area contributed by atoms with Crippen molar-refractivity contribution in [3.05, 3.63) is 29.8 Å². The third kappa shape index (κ3) is 4.76. The number of piperidine rings is 1. The van der Waals surface area contributed by atoms with Crippen LogP contribution in [0.4, 0.5) is 0 Å². The summed E-state index contributed by atoms with van der Waals surface area (Å²) in [6.45, 7) is 4.84. The Labute approximate surface area is 202 Å². The van der Waals surface area contributed by atoms with Crippen LogP contribution < -0.4 is 5.32 Å². The van der Waals surface area contributed by atoms with Crippen LogP contribution in [0.2, 0.25) is 0 Å². The second-order valence-corrected chi connectivity index (χ2v) is 13.6. The van der Waals surface area contributed by atoms with Gasteiger partial charge in [0.1, 0.15) is 0 Å². The number of rotatable bonds is 6. The summed E-state index contributed by atoms with van der Waals surface area (Å²) in [5, 5.41) is 3.20. The Morgan fingerprint density at radius 1 is 0.941 bits per heavy atom. The molecule has 2 unspecified atom stereocenters. The van der Waals surface area contributed by atoms with Gasteiger partial charge < -0.3 is 10.1 Å². The number of amides is 1.